The summed E-state index contributed by atoms with van der Waals surface area (Å²) in [7, 11) is -3.53. The molecule has 3 aromatic rings. The Kier molecular flexibility index (Phi) is 3.86. The maximum atomic E-state index is 12.9. The highest BCUT2D eigenvalue weighted by atomic mass is 32.2. The fourth-order valence-corrected chi connectivity index (χ4v) is 5.04. The summed E-state index contributed by atoms with van der Waals surface area (Å²) in [5.74, 6) is 0. The minimum atomic E-state index is -3.53. The molecular weight excluding hydrogens is 358 g/mol. The Bertz CT molecular complexity index is 1100. The Balaban J connectivity index is 1.74. The topological polar surface area (TPSA) is 97.0 Å². The lowest BCUT2D eigenvalue weighted by molar-refractivity contribution is 0.416. The van der Waals surface area contributed by atoms with Crippen LogP contribution in [0.4, 0.5) is 5.69 Å². The van der Waals surface area contributed by atoms with Gasteiger partial charge in [-0.1, -0.05) is 30.4 Å². The number of rotatable bonds is 2. The van der Waals surface area contributed by atoms with Crippen LogP contribution in [-0.2, 0) is 23.0 Å². The molecule has 1 aliphatic rings. The molecule has 130 valence electrons. The molecule has 2 aromatic heterocycles. The number of anilines is 1. The number of benzene rings is 1. The Hall–Kier alpha value is -2.23. The molecule has 3 N–H and O–H groups in total. The average Bonchev–Trinajstić information content (AvgIpc) is 2.77. The Morgan fingerprint density at radius 2 is 1.92 bits per heavy atom. The Labute approximate surface area is 150 Å². The number of aromatic nitrogens is 3. The van der Waals surface area contributed by atoms with Crippen LogP contribution in [0.1, 0.15) is 5.69 Å². The third-order valence-electron chi connectivity index (χ3n) is 4.56. The second-order valence-electron chi connectivity index (χ2n) is 5.91. The van der Waals surface area contributed by atoms with Crippen LogP contribution in [0.15, 0.2) is 41.6 Å². The van der Waals surface area contributed by atoms with Crippen molar-refractivity contribution in [2.75, 3.05) is 18.8 Å². The van der Waals surface area contributed by atoms with Crippen molar-refractivity contribution in [3.63, 3.8) is 0 Å². The van der Waals surface area contributed by atoms with Gasteiger partial charge < -0.3 is 15.3 Å². The minimum Gasteiger partial charge on any atom is -0.396 e. The largest absolute Gasteiger partial charge is 0.396 e. The van der Waals surface area contributed by atoms with E-state index in [2.05, 4.69) is 9.97 Å². The van der Waals surface area contributed by atoms with E-state index < -0.39 is 10.0 Å². The molecular formula is C16H17N5O2S2. The van der Waals surface area contributed by atoms with E-state index in [0.717, 1.165) is 16.7 Å². The zero-order valence-electron chi connectivity index (χ0n) is 13.3. The summed E-state index contributed by atoms with van der Waals surface area (Å²) < 4.78 is 29.7. The quantitative estimate of drug-likeness (QED) is 0.667. The van der Waals surface area contributed by atoms with E-state index in [4.69, 9.17) is 18.0 Å². The van der Waals surface area contributed by atoms with Crippen molar-refractivity contribution in [2.45, 2.75) is 17.9 Å². The molecule has 4 rings (SSSR count). The molecule has 1 aromatic carbocycles. The molecule has 0 spiro atoms. The number of aromatic amines is 1. The van der Waals surface area contributed by atoms with Crippen molar-refractivity contribution in [1.82, 2.24) is 18.8 Å². The van der Waals surface area contributed by atoms with Gasteiger partial charge in [0.15, 0.2) is 4.64 Å². The summed E-state index contributed by atoms with van der Waals surface area (Å²) in [6.45, 7) is 1.22. The second kappa shape index (κ2) is 5.94. The summed E-state index contributed by atoms with van der Waals surface area (Å²) in [6, 6.07) is 8.49. The van der Waals surface area contributed by atoms with Gasteiger partial charge in [0.25, 0.3) is 0 Å². The highest BCUT2D eigenvalue weighted by Crippen LogP contribution is 2.30. The number of fused-ring (bicyclic) bond motifs is 3. The number of nitrogens with zero attached hydrogens (tertiary/aromatic N) is 3. The summed E-state index contributed by atoms with van der Waals surface area (Å²) >= 11 is 5.34. The van der Waals surface area contributed by atoms with Crippen molar-refractivity contribution in [3.05, 3.63) is 47.0 Å². The predicted molar refractivity (Wildman–Crippen MR) is 98.2 cm³/mol. The SMILES string of the molecule is Nc1c2n(c3c(=S)nc[nH]c13)CCN(S(=O)(=O)c1ccccc1)CC2. The highest BCUT2D eigenvalue weighted by molar-refractivity contribution is 7.89. The van der Waals surface area contributed by atoms with Gasteiger partial charge in [-0.2, -0.15) is 4.31 Å². The van der Waals surface area contributed by atoms with Crippen molar-refractivity contribution in [2.24, 2.45) is 0 Å². The van der Waals surface area contributed by atoms with Gasteiger partial charge in [0.2, 0.25) is 10.0 Å². The number of hydrogen-bond donors (Lipinski definition) is 2. The van der Waals surface area contributed by atoms with Gasteiger partial charge in [0, 0.05) is 31.7 Å². The Morgan fingerprint density at radius 1 is 1.16 bits per heavy atom. The van der Waals surface area contributed by atoms with Gasteiger partial charge in [-0.25, -0.2) is 13.4 Å². The van der Waals surface area contributed by atoms with Crippen LogP contribution < -0.4 is 5.73 Å². The van der Waals surface area contributed by atoms with Crippen LogP contribution >= 0.6 is 12.2 Å². The zero-order valence-corrected chi connectivity index (χ0v) is 15.0. The molecule has 0 amide bonds. The minimum absolute atomic E-state index is 0.304. The summed E-state index contributed by atoms with van der Waals surface area (Å²) in [6.07, 6.45) is 2.06. The van der Waals surface area contributed by atoms with Crippen molar-refractivity contribution >= 4 is 39.0 Å². The van der Waals surface area contributed by atoms with Gasteiger partial charge >= 0.3 is 0 Å². The third-order valence-corrected chi connectivity index (χ3v) is 6.77. The van der Waals surface area contributed by atoms with Crippen LogP contribution in [0.5, 0.6) is 0 Å². The molecule has 0 aliphatic carbocycles. The average molecular weight is 375 g/mol. The molecule has 7 nitrogen and oxygen atoms in total. The number of hydrogen-bond acceptors (Lipinski definition) is 5. The van der Waals surface area contributed by atoms with Gasteiger partial charge in [-0.05, 0) is 12.1 Å². The first kappa shape index (κ1) is 16.2. The van der Waals surface area contributed by atoms with E-state index in [-0.39, 0.29) is 0 Å². The lowest BCUT2D eigenvalue weighted by atomic mass is 10.2. The monoisotopic (exact) mass is 375 g/mol. The molecule has 0 saturated carbocycles. The number of nitrogen functional groups attached to an aromatic ring is 1. The molecule has 0 saturated heterocycles. The molecule has 0 unspecified atom stereocenters. The summed E-state index contributed by atoms with van der Waals surface area (Å²) in [5.41, 5.74) is 9.32. The molecule has 0 radical (unpaired) electrons. The smallest absolute Gasteiger partial charge is 0.243 e. The van der Waals surface area contributed by atoms with E-state index in [0.29, 0.717) is 41.3 Å². The standard InChI is InChI=1S/C16H17N5O2S2/c17-13-12-6-7-20(25(22,23)11-4-2-1-3-5-11)8-9-21(12)15-14(13)18-10-19-16(15)24/h1-5,10H,6-9,17H2,(H,18,19,24). The van der Waals surface area contributed by atoms with E-state index in [1.807, 2.05) is 4.57 Å². The fraction of sp³-hybridized carbons (Fsp3) is 0.250. The molecule has 0 atom stereocenters. The first-order valence-electron chi connectivity index (χ1n) is 7.89. The predicted octanol–water partition coefficient (Wildman–Crippen LogP) is 1.92. The maximum Gasteiger partial charge on any atom is 0.243 e. The van der Waals surface area contributed by atoms with Crippen LogP contribution in [0.3, 0.4) is 0 Å². The van der Waals surface area contributed by atoms with E-state index >= 15 is 0 Å². The lowest BCUT2D eigenvalue weighted by Crippen LogP contribution is -2.33. The lowest BCUT2D eigenvalue weighted by Gasteiger charge is -2.19. The number of nitrogens with one attached hydrogen (secondary N) is 1. The normalized spacial score (nSPS) is 15.8. The van der Waals surface area contributed by atoms with Gasteiger partial charge in [-0.3, -0.25) is 0 Å². The second-order valence-corrected chi connectivity index (χ2v) is 8.24. The molecule has 0 bridgehead atoms. The van der Waals surface area contributed by atoms with E-state index in [1.165, 1.54) is 10.6 Å². The summed E-state index contributed by atoms with van der Waals surface area (Å²) in [4.78, 5) is 7.48. The van der Waals surface area contributed by atoms with Gasteiger partial charge in [0.05, 0.1) is 22.4 Å². The van der Waals surface area contributed by atoms with E-state index in [9.17, 15) is 8.42 Å². The first-order valence-corrected chi connectivity index (χ1v) is 9.74. The van der Waals surface area contributed by atoms with Gasteiger partial charge in [0.1, 0.15) is 5.52 Å². The van der Waals surface area contributed by atoms with Gasteiger partial charge in [-0.15, -0.1) is 0 Å². The van der Waals surface area contributed by atoms with Crippen molar-refractivity contribution < 1.29 is 8.42 Å². The number of H-pyrrole nitrogens is 1. The third kappa shape index (κ3) is 2.55. The molecule has 1 aliphatic heterocycles. The fourth-order valence-electron chi connectivity index (χ4n) is 3.32. The van der Waals surface area contributed by atoms with Crippen LogP contribution in [-0.4, -0.2) is 40.3 Å². The molecule has 25 heavy (non-hydrogen) atoms. The molecule has 9 heteroatoms. The molecule has 3 heterocycles. The van der Waals surface area contributed by atoms with Crippen molar-refractivity contribution in [1.29, 1.82) is 0 Å². The van der Waals surface area contributed by atoms with Crippen LogP contribution in [0, 0.1) is 4.64 Å². The first-order chi connectivity index (χ1) is 12.0. The van der Waals surface area contributed by atoms with Crippen molar-refractivity contribution in [3.8, 4) is 0 Å². The summed E-state index contributed by atoms with van der Waals surface area (Å²) in [5, 5.41) is 0. The Morgan fingerprint density at radius 3 is 2.68 bits per heavy atom. The molecule has 0 fully saturated rings. The highest BCUT2D eigenvalue weighted by Gasteiger charge is 2.28. The maximum absolute atomic E-state index is 12.9. The number of nitrogens with two attached hydrogens (primary N) is 1. The van der Waals surface area contributed by atoms with E-state index in [1.54, 1.807) is 30.3 Å². The van der Waals surface area contributed by atoms with Crippen LogP contribution in [0.2, 0.25) is 0 Å². The zero-order chi connectivity index (χ0) is 17.6. The van der Waals surface area contributed by atoms with Crippen LogP contribution in [0.25, 0.3) is 11.0 Å². The number of sulfonamides is 1.